The van der Waals surface area contributed by atoms with E-state index in [2.05, 4.69) is 9.47 Å². The average Bonchev–Trinajstić information content (AvgIpc) is 2.58. The summed E-state index contributed by atoms with van der Waals surface area (Å²) in [5.74, 6) is -0.927. The van der Waals surface area contributed by atoms with E-state index >= 15 is 0 Å². The summed E-state index contributed by atoms with van der Waals surface area (Å²) in [5, 5.41) is 0. The minimum atomic E-state index is -0.602. The first-order valence-corrected chi connectivity index (χ1v) is 4.11. The SMILES string of the molecule is COC(=O)Cc1oc(N)cc1C(=O)OC. The molecule has 0 amide bonds. The van der Waals surface area contributed by atoms with E-state index in [9.17, 15) is 9.59 Å². The molecule has 15 heavy (non-hydrogen) atoms. The van der Waals surface area contributed by atoms with Crippen LogP contribution in [0.15, 0.2) is 10.5 Å². The fourth-order valence-corrected chi connectivity index (χ4v) is 1.07. The van der Waals surface area contributed by atoms with Gasteiger partial charge in [-0.25, -0.2) is 4.79 Å². The second kappa shape index (κ2) is 4.50. The predicted molar refractivity (Wildman–Crippen MR) is 50.2 cm³/mol. The third kappa shape index (κ3) is 2.49. The molecule has 2 N–H and O–H groups in total. The van der Waals surface area contributed by atoms with E-state index < -0.39 is 11.9 Å². The number of nitrogens with two attached hydrogens (primary N) is 1. The molecular weight excluding hydrogens is 202 g/mol. The summed E-state index contributed by atoms with van der Waals surface area (Å²) in [4.78, 5) is 22.2. The molecule has 0 aromatic carbocycles. The van der Waals surface area contributed by atoms with Crippen LogP contribution >= 0.6 is 0 Å². The van der Waals surface area contributed by atoms with Crippen molar-refractivity contribution >= 4 is 17.8 Å². The Morgan fingerprint density at radius 3 is 2.60 bits per heavy atom. The summed E-state index contributed by atoms with van der Waals surface area (Å²) in [6.45, 7) is 0. The molecule has 0 saturated heterocycles. The number of carbonyl (C=O) groups excluding carboxylic acids is 2. The topological polar surface area (TPSA) is 91.8 Å². The van der Waals surface area contributed by atoms with E-state index in [1.54, 1.807) is 0 Å². The maximum atomic E-state index is 11.2. The van der Waals surface area contributed by atoms with Crippen molar-refractivity contribution in [2.45, 2.75) is 6.42 Å². The number of anilines is 1. The lowest BCUT2D eigenvalue weighted by molar-refractivity contribution is -0.140. The lowest BCUT2D eigenvalue weighted by Gasteiger charge is -1.99. The van der Waals surface area contributed by atoms with Crippen molar-refractivity contribution in [3.05, 3.63) is 17.4 Å². The Kier molecular flexibility index (Phi) is 3.33. The van der Waals surface area contributed by atoms with Gasteiger partial charge in [-0.05, 0) is 0 Å². The largest absolute Gasteiger partial charge is 0.469 e. The molecule has 0 unspecified atom stereocenters. The normalized spacial score (nSPS) is 9.73. The Morgan fingerprint density at radius 1 is 1.40 bits per heavy atom. The van der Waals surface area contributed by atoms with Crippen molar-refractivity contribution in [1.29, 1.82) is 0 Å². The number of carbonyl (C=O) groups is 2. The van der Waals surface area contributed by atoms with E-state index in [4.69, 9.17) is 10.2 Å². The van der Waals surface area contributed by atoms with E-state index in [0.29, 0.717) is 0 Å². The molecule has 0 fully saturated rings. The lowest BCUT2D eigenvalue weighted by atomic mass is 10.2. The van der Waals surface area contributed by atoms with Crippen molar-refractivity contribution in [3.8, 4) is 0 Å². The van der Waals surface area contributed by atoms with Crippen LogP contribution < -0.4 is 5.73 Å². The first-order chi connectivity index (χ1) is 7.08. The van der Waals surface area contributed by atoms with Gasteiger partial charge in [0.25, 0.3) is 0 Å². The minimum Gasteiger partial charge on any atom is -0.469 e. The van der Waals surface area contributed by atoms with Gasteiger partial charge in [0.05, 0.1) is 14.2 Å². The average molecular weight is 213 g/mol. The van der Waals surface area contributed by atoms with Gasteiger partial charge in [0, 0.05) is 6.07 Å². The fourth-order valence-electron chi connectivity index (χ4n) is 1.07. The summed E-state index contributed by atoms with van der Waals surface area (Å²) >= 11 is 0. The Balaban J connectivity index is 2.96. The number of furan rings is 1. The maximum absolute atomic E-state index is 11.2. The second-order valence-corrected chi connectivity index (χ2v) is 2.73. The first kappa shape index (κ1) is 11.1. The van der Waals surface area contributed by atoms with Crippen molar-refractivity contribution in [1.82, 2.24) is 0 Å². The molecule has 6 nitrogen and oxygen atoms in total. The Morgan fingerprint density at radius 2 is 2.07 bits per heavy atom. The highest BCUT2D eigenvalue weighted by Gasteiger charge is 2.20. The highest BCUT2D eigenvalue weighted by molar-refractivity contribution is 5.92. The highest BCUT2D eigenvalue weighted by Crippen LogP contribution is 2.19. The lowest BCUT2D eigenvalue weighted by Crippen LogP contribution is -2.09. The van der Waals surface area contributed by atoms with Gasteiger partial charge in [0.2, 0.25) is 0 Å². The van der Waals surface area contributed by atoms with Gasteiger partial charge in [0.1, 0.15) is 17.7 Å². The molecule has 0 atom stereocenters. The van der Waals surface area contributed by atoms with Crippen molar-refractivity contribution < 1.29 is 23.5 Å². The number of rotatable bonds is 3. The molecule has 82 valence electrons. The molecule has 1 rings (SSSR count). The molecule has 1 aromatic rings. The Bertz CT molecular complexity index is 382. The van der Waals surface area contributed by atoms with Crippen LogP contribution in [0.2, 0.25) is 0 Å². The standard InChI is InChI=1S/C9H11NO5/c1-13-8(11)4-6-5(9(12)14-2)3-7(10)15-6/h3H,4,10H2,1-2H3. The Hall–Kier alpha value is -1.98. The molecule has 1 heterocycles. The van der Waals surface area contributed by atoms with E-state index in [0.717, 1.165) is 0 Å². The van der Waals surface area contributed by atoms with Gasteiger partial charge in [-0.2, -0.15) is 0 Å². The summed E-state index contributed by atoms with van der Waals surface area (Å²) in [6.07, 6.45) is -0.155. The summed E-state index contributed by atoms with van der Waals surface area (Å²) in [5.41, 5.74) is 5.50. The highest BCUT2D eigenvalue weighted by atomic mass is 16.5. The van der Waals surface area contributed by atoms with E-state index in [-0.39, 0.29) is 23.6 Å². The molecule has 0 aliphatic rings. The summed E-state index contributed by atoms with van der Waals surface area (Å²) in [7, 11) is 2.47. The number of hydrogen-bond donors (Lipinski definition) is 1. The van der Waals surface area contributed by atoms with Gasteiger partial charge < -0.3 is 19.6 Å². The minimum absolute atomic E-state index is 0.0503. The number of ether oxygens (including phenoxy) is 2. The van der Waals surface area contributed by atoms with Crippen molar-refractivity contribution in [2.75, 3.05) is 20.0 Å². The fraction of sp³-hybridized carbons (Fsp3) is 0.333. The van der Waals surface area contributed by atoms with Gasteiger partial charge in [0.15, 0.2) is 5.88 Å². The third-order valence-corrected chi connectivity index (χ3v) is 1.77. The first-order valence-electron chi connectivity index (χ1n) is 4.11. The van der Waals surface area contributed by atoms with Crippen molar-refractivity contribution in [3.63, 3.8) is 0 Å². The summed E-state index contributed by atoms with van der Waals surface area (Å²) < 4.78 is 13.9. The zero-order chi connectivity index (χ0) is 11.4. The zero-order valence-corrected chi connectivity index (χ0v) is 8.40. The van der Waals surface area contributed by atoms with Crippen LogP contribution in [0, 0.1) is 0 Å². The summed E-state index contributed by atoms with van der Waals surface area (Å²) in [6, 6.07) is 1.31. The quantitative estimate of drug-likeness (QED) is 0.729. The van der Waals surface area contributed by atoms with Gasteiger partial charge in [-0.1, -0.05) is 0 Å². The van der Waals surface area contributed by atoms with Crippen LogP contribution in [0.1, 0.15) is 16.1 Å². The van der Waals surface area contributed by atoms with Crippen molar-refractivity contribution in [2.24, 2.45) is 0 Å². The molecule has 1 aromatic heterocycles. The Labute approximate surface area is 85.9 Å². The molecule has 0 aliphatic carbocycles. The third-order valence-electron chi connectivity index (χ3n) is 1.77. The van der Waals surface area contributed by atoms with Gasteiger partial charge in [-0.15, -0.1) is 0 Å². The van der Waals surface area contributed by atoms with Crippen LogP contribution in [0.3, 0.4) is 0 Å². The van der Waals surface area contributed by atoms with E-state index in [1.165, 1.54) is 20.3 Å². The smallest absolute Gasteiger partial charge is 0.341 e. The van der Waals surface area contributed by atoms with E-state index in [1.807, 2.05) is 0 Å². The molecule has 0 saturated carbocycles. The zero-order valence-electron chi connectivity index (χ0n) is 8.40. The molecule has 0 bridgehead atoms. The van der Waals surface area contributed by atoms with Crippen LogP contribution in [-0.4, -0.2) is 26.2 Å². The molecular formula is C9H11NO5. The van der Waals surface area contributed by atoms with Crippen LogP contribution in [0.5, 0.6) is 0 Å². The number of hydrogen-bond acceptors (Lipinski definition) is 6. The molecule has 0 spiro atoms. The van der Waals surface area contributed by atoms with Crippen LogP contribution in [0.4, 0.5) is 5.88 Å². The van der Waals surface area contributed by atoms with Gasteiger partial charge in [-0.3, -0.25) is 4.79 Å². The number of nitrogen functional groups attached to an aromatic ring is 1. The second-order valence-electron chi connectivity index (χ2n) is 2.73. The predicted octanol–water partition coefficient (Wildman–Crippen LogP) is 0.364. The number of methoxy groups -OCH3 is 2. The molecule has 0 aliphatic heterocycles. The van der Waals surface area contributed by atoms with Crippen LogP contribution in [0.25, 0.3) is 0 Å². The maximum Gasteiger partial charge on any atom is 0.341 e. The monoisotopic (exact) mass is 213 g/mol. The number of esters is 2. The molecule has 0 radical (unpaired) electrons. The van der Waals surface area contributed by atoms with Gasteiger partial charge >= 0.3 is 11.9 Å². The van der Waals surface area contributed by atoms with Crippen LogP contribution in [-0.2, 0) is 20.7 Å². The molecule has 6 heteroatoms.